The third-order valence-corrected chi connectivity index (χ3v) is 7.91. The van der Waals surface area contributed by atoms with Crippen molar-refractivity contribution in [1.82, 2.24) is 14.5 Å². The minimum Gasteiger partial charge on any atom is -0.488 e. The van der Waals surface area contributed by atoms with Crippen molar-refractivity contribution in [3.63, 3.8) is 0 Å². The van der Waals surface area contributed by atoms with Gasteiger partial charge < -0.3 is 24.8 Å². The molecule has 198 valence electrons. The molecule has 0 saturated carbocycles. The Balaban J connectivity index is 1.36. The number of ether oxygens (including phenoxy) is 2. The van der Waals surface area contributed by atoms with Crippen LogP contribution in [0.2, 0.25) is 0 Å². The third-order valence-electron chi connectivity index (χ3n) is 7.91. The van der Waals surface area contributed by atoms with Crippen LogP contribution >= 0.6 is 0 Å². The van der Waals surface area contributed by atoms with Gasteiger partial charge in [0, 0.05) is 30.8 Å². The summed E-state index contributed by atoms with van der Waals surface area (Å²) in [5, 5.41) is 0. The quantitative estimate of drug-likeness (QED) is 0.410. The van der Waals surface area contributed by atoms with Crippen LogP contribution in [-0.2, 0) is 11.3 Å². The molecule has 9 heteroatoms. The number of hydrogen-bond donors (Lipinski definition) is 2. The van der Waals surface area contributed by atoms with E-state index in [1.54, 1.807) is 6.07 Å². The average molecular weight is 526 g/mol. The molecule has 0 spiro atoms. The van der Waals surface area contributed by atoms with Gasteiger partial charge in [0.05, 0.1) is 30.3 Å². The minimum atomic E-state index is -0.740. The number of hydrogen-bond acceptors (Lipinski definition) is 4. The number of imidazole rings is 1. The summed E-state index contributed by atoms with van der Waals surface area (Å²) < 4.78 is 27.9. The van der Waals surface area contributed by atoms with E-state index in [9.17, 15) is 9.18 Å². The summed E-state index contributed by atoms with van der Waals surface area (Å²) in [5.41, 5.74) is 12.5. The molecule has 0 aliphatic carbocycles. The lowest BCUT2D eigenvalue weighted by Crippen LogP contribution is -2.40. The molecule has 3 N–H and O–H groups in total. The lowest BCUT2D eigenvalue weighted by molar-refractivity contribution is 0.0128. The monoisotopic (exact) mass is 525 g/mol. The van der Waals surface area contributed by atoms with Gasteiger partial charge in [-0.3, -0.25) is 4.90 Å². The number of H-pyrrole nitrogens is 1. The molecule has 0 unspecified atom stereocenters. The highest BCUT2D eigenvalue weighted by atomic mass is 19.1. The summed E-state index contributed by atoms with van der Waals surface area (Å²) >= 11 is 0. The summed E-state index contributed by atoms with van der Waals surface area (Å²) in [6.45, 7) is 3.59. The van der Waals surface area contributed by atoms with E-state index in [0.29, 0.717) is 24.0 Å². The Labute approximate surface area is 224 Å². The van der Waals surface area contributed by atoms with Gasteiger partial charge in [0.1, 0.15) is 18.2 Å². The van der Waals surface area contributed by atoms with Gasteiger partial charge in [-0.1, -0.05) is 30.3 Å². The highest BCUT2D eigenvalue weighted by molar-refractivity contribution is 5.95. The predicted molar refractivity (Wildman–Crippen MR) is 145 cm³/mol. The van der Waals surface area contributed by atoms with Gasteiger partial charge >= 0.3 is 6.03 Å². The summed E-state index contributed by atoms with van der Waals surface area (Å²) in [6, 6.07) is 18.6. The number of aromatic nitrogens is 2. The van der Waals surface area contributed by atoms with Gasteiger partial charge in [-0.05, 0) is 59.0 Å². The number of primary amides is 1. The van der Waals surface area contributed by atoms with Crippen molar-refractivity contribution in [2.75, 3.05) is 26.3 Å². The molecule has 8 nitrogen and oxygen atoms in total. The highest BCUT2D eigenvalue weighted by Crippen LogP contribution is 2.38. The lowest BCUT2D eigenvalue weighted by atomic mass is 9.92. The van der Waals surface area contributed by atoms with Crippen LogP contribution in [0.1, 0.15) is 34.7 Å². The number of urea groups is 1. The van der Waals surface area contributed by atoms with Gasteiger partial charge in [-0.15, -0.1) is 0 Å². The van der Waals surface area contributed by atoms with E-state index in [2.05, 4.69) is 43.7 Å². The normalized spacial score (nSPS) is 22.3. The molecule has 2 saturated heterocycles. The van der Waals surface area contributed by atoms with E-state index >= 15 is 0 Å². The van der Waals surface area contributed by atoms with E-state index in [1.165, 1.54) is 12.1 Å². The number of benzene rings is 3. The van der Waals surface area contributed by atoms with E-state index in [1.807, 2.05) is 24.3 Å². The van der Waals surface area contributed by atoms with Gasteiger partial charge in [0.25, 0.3) is 0 Å². The number of carbonyl (C=O) groups excluding carboxylic acids is 1. The molecule has 3 aliphatic heterocycles. The maximum Gasteiger partial charge on any atom is 0.341 e. The van der Waals surface area contributed by atoms with E-state index in [0.717, 1.165) is 71.6 Å². The minimum absolute atomic E-state index is 0.139. The fourth-order valence-corrected chi connectivity index (χ4v) is 6.17. The van der Waals surface area contributed by atoms with Crippen molar-refractivity contribution >= 4 is 28.7 Å². The first-order valence-corrected chi connectivity index (χ1v) is 13.2. The Bertz CT molecular complexity index is 1690. The first-order valence-electron chi connectivity index (χ1n) is 13.2. The van der Waals surface area contributed by atoms with Crippen molar-refractivity contribution in [1.29, 1.82) is 0 Å². The number of halogens is 1. The second kappa shape index (κ2) is 9.52. The molecule has 4 aromatic rings. The topological polar surface area (TPSA) is 97.9 Å². The van der Waals surface area contributed by atoms with Crippen molar-refractivity contribution in [3.8, 4) is 5.75 Å². The van der Waals surface area contributed by atoms with E-state index in [-0.39, 0.29) is 11.9 Å². The molecular formula is C30H28FN5O3. The zero-order valence-electron chi connectivity index (χ0n) is 21.3. The first-order chi connectivity index (χ1) is 19.0. The predicted octanol–water partition coefficient (Wildman–Crippen LogP) is 4.21. The Kier molecular flexibility index (Phi) is 5.82. The second-order valence-corrected chi connectivity index (χ2v) is 10.3. The lowest BCUT2D eigenvalue weighted by Gasteiger charge is -2.28. The Hall–Kier alpha value is -4.21. The largest absolute Gasteiger partial charge is 0.488 e. The number of nitrogens with zero attached hydrogens (tertiary/aromatic N) is 3. The van der Waals surface area contributed by atoms with Crippen LogP contribution in [-0.4, -0.2) is 52.8 Å². The smallest absolute Gasteiger partial charge is 0.341 e. The molecule has 3 aliphatic rings. The molecule has 3 aromatic carbocycles. The fourth-order valence-electron chi connectivity index (χ4n) is 6.17. The zero-order valence-corrected chi connectivity index (χ0v) is 21.3. The Morgan fingerprint density at radius 3 is 2.87 bits per heavy atom. The molecule has 2 fully saturated rings. The van der Waals surface area contributed by atoms with Crippen LogP contribution in [0.25, 0.3) is 22.7 Å². The summed E-state index contributed by atoms with van der Waals surface area (Å²) in [7, 11) is 0. The number of nitrogens with one attached hydrogen (secondary N) is 1. The molecule has 4 heterocycles. The van der Waals surface area contributed by atoms with Gasteiger partial charge in [-0.25, -0.2) is 9.18 Å². The number of nitrogens with two attached hydrogens (primary N) is 1. The number of rotatable bonds is 2. The maximum atomic E-state index is 14.1. The van der Waals surface area contributed by atoms with Gasteiger partial charge in [0.2, 0.25) is 5.62 Å². The SMILES string of the molecule is NC(=O)/N=c1\[nH]c2cc(/C=C3\c4ccccc4COc4cc(F)ccc43)ccc2n1[C@H]1C[C@@H]2COCCN2C1. The van der Waals surface area contributed by atoms with Crippen LogP contribution in [0.5, 0.6) is 5.75 Å². The number of morpholine rings is 1. The van der Waals surface area contributed by atoms with E-state index in [4.69, 9.17) is 15.2 Å². The standard InChI is InChI=1S/C30H28FN5O3/c31-20-6-7-24-25(23-4-2-1-3-19(23)16-39-28(24)13-20)11-18-5-8-27-26(12-18)33-30(34-29(32)37)36(27)21-14-22-17-38-10-9-35(22)15-21/h1-8,11-13,21-22H,9-10,14-17H2,(H3,32,33,34,37)/b25-11+/t21-,22+/m0/s1. The zero-order chi connectivity index (χ0) is 26.5. The summed E-state index contributed by atoms with van der Waals surface area (Å²) in [6.07, 6.45) is 3.00. The molecule has 1 aromatic heterocycles. The second-order valence-electron chi connectivity index (χ2n) is 10.3. The molecule has 2 atom stereocenters. The van der Waals surface area contributed by atoms with Crippen LogP contribution in [0.3, 0.4) is 0 Å². The molecular weight excluding hydrogens is 497 g/mol. The number of amides is 2. The molecule has 39 heavy (non-hydrogen) atoms. The molecule has 0 radical (unpaired) electrons. The van der Waals surface area contributed by atoms with Gasteiger partial charge in [0.15, 0.2) is 0 Å². The number of fused-ring (bicyclic) bond motifs is 4. The van der Waals surface area contributed by atoms with Crippen molar-refractivity contribution in [2.24, 2.45) is 10.7 Å². The van der Waals surface area contributed by atoms with Crippen LogP contribution < -0.4 is 16.1 Å². The van der Waals surface area contributed by atoms with Crippen LogP contribution in [0.15, 0.2) is 65.7 Å². The first kappa shape index (κ1) is 23.9. The Morgan fingerprint density at radius 1 is 1.10 bits per heavy atom. The summed E-state index contributed by atoms with van der Waals surface area (Å²) in [4.78, 5) is 21.7. The highest BCUT2D eigenvalue weighted by Gasteiger charge is 2.36. The maximum absolute atomic E-state index is 14.1. The average Bonchev–Trinajstić information content (AvgIpc) is 3.46. The fraction of sp³-hybridized carbons (Fsp3) is 0.267. The van der Waals surface area contributed by atoms with Crippen LogP contribution in [0.4, 0.5) is 9.18 Å². The van der Waals surface area contributed by atoms with E-state index < -0.39 is 6.03 Å². The Morgan fingerprint density at radius 2 is 2.00 bits per heavy atom. The van der Waals surface area contributed by atoms with Crippen LogP contribution in [0, 0.1) is 5.82 Å². The summed E-state index contributed by atoms with van der Waals surface area (Å²) in [5.74, 6) is 0.178. The molecule has 7 rings (SSSR count). The van der Waals surface area contributed by atoms with Crippen molar-refractivity contribution in [2.45, 2.75) is 25.1 Å². The van der Waals surface area contributed by atoms with Crippen molar-refractivity contribution < 1.29 is 18.7 Å². The third kappa shape index (κ3) is 4.33. The molecule has 0 bridgehead atoms. The molecule has 2 amide bonds. The number of carbonyl (C=O) groups is 1. The van der Waals surface area contributed by atoms with Gasteiger partial charge in [-0.2, -0.15) is 4.99 Å². The number of aromatic amines is 1. The van der Waals surface area contributed by atoms with Crippen molar-refractivity contribution in [3.05, 3.63) is 94.4 Å².